The Morgan fingerprint density at radius 3 is 1.75 bits per heavy atom. The van der Waals surface area contributed by atoms with E-state index in [0.717, 1.165) is 13.8 Å². The van der Waals surface area contributed by atoms with Crippen LogP contribution in [0.1, 0.15) is 20.8 Å². The minimum absolute atomic E-state index is 0.690. The monoisotopic (exact) mass is 250 g/mol. The smallest absolute Gasteiger partial charge is 0.303 e. The molecule has 0 aromatic heterocycles. The molecule has 0 aliphatic rings. The van der Waals surface area contributed by atoms with Crippen LogP contribution in [-0.2, 0) is 28.7 Å². The van der Waals surface area contributed by atoms with Crippen LogP contribution < -0.4 is 0 Å². The van der Waals surface area contributed by atoms with Crippen LogP contribution in [0.15, 0.2) is 0 Å². The molecule has 7 heteroatoms. The van der Waals surface area contributed by atoms with Gasteiger partial charge in [0.05, 0.1) is 0 Å². The van der Waals surface area contributed by atoms with Crippen molar-refractivity contribution in [3.05, 3.63) is 0 Å². The maximum Gasteiger partial charge on any atom is 0.303 e. The molecule has 0 saturated heterocycles. The summed E-state index contributed by atoms with van der Waals surface area (Å²) in [4.78, 5) is 43.5. The summed E-state index contributed by atoms with van der Waals surface area (Å²) in [7, 11) is 0. The highest BCUT2D eigenvalue weighted by molar-refractivity contribution is 6.66. The van der Waals surface area contributed by atoms with Gasteiger partial charge in [0, 0.05) is 13.8 Å². The van der Waals surface area contributed by atoms with Crippen molar-refractivity contribution < 1.29 is 28.7 Å². The Labute approximate surface area is 96.8 Å². The summed E-state index contributed by atoms with van der Waals surface area (Å²) in [6, 6.07) is 0. The fraction of sp³-hybridized carbons (Fsp3) is 0.556. The van der Waals surface area contributed by atoms with Gasteiger partial charge in [-0.3, -0.25) is 19.2 Å². The lowest BCUT2D eigenvalue weighted by atomic mass is 10.1. The highest BCUT2D eigenvalue weighted by Crippen LogP contribution is 2.06. The highest BCUT2D eigenvalue weighted by atomic mass is 35.5. The number of rotatable bonds is 5. The first-order valence-electron chi connectivity index (χ1n) is 4.33. The van der Waals surface area contributed by atoms with Crippen LogP contribution in [0, 0.1) is 0 Å². The lowest BCUT2D eigenvalue weighted by molar-refractivity contribution is -0.163. The first-order valence-corrected chi connectivity index (χ1v) is 4.71. The van der Waals surface area contributed by atoms with E-state index in [-0.39, 0.29) is 0 Å². The van der Waals surface area contributed by atoms with E-state index in [4.69, 9.17) is 11.6 Å². The summed E-state index contributed by atoms with van der Waals surface area (Å²) in [5.41, 5.74) is 0. The molecule has 0 aromatic carbocycles. The fourth-order valence-corrected chi connectivity index (χ4v) is 1.05. The number of halogens is 1. The fourth-order valence-electron chi connectivity index (χ4n) is 0.902. The molecule has 90 valence electrons. The Balaban J connectivity index is 4.67. The number of hydrogen-bond donors (Lipinski definition) is 0. The van der Waals surface area contributed by atoms with Crippen molar-refractivity contribution in [2.75, 3.05) is 0 Å². The number of carbonyl (C=O) groups excluding carboxylic acids is 4. The SMILES string of the molecule is CC(=O)OC(C)C(=O)C(OC(C)=O)C(=O)Cl. The average Bonchev–Trinajstić information content (AvgIpc) is 2.11. The van der Waals surface area contributed by atoms with Crippen molar-refractivity contribution in [3.63, 3.8) is 0 Å². The number of Topliss-reactive ketones (excluding diaryl/α,β-unsaturated/α-hetero) is 1. The molecule has 16 heavy (non-hydrogen) atoms. The number of hydrogen-bond acceptors (Lipinski definition) is 6. The number of ketones is 1. The van der Waals surface area contributed by atoms with Crippen LogP contribution >= 0.6 is 11.6 Å². The minimum Gasteiger partial charge on any atom is -0.455 e. The van der Waals surface area contributed by atoms with Gasteiger partial charge in [-0.2, -0.15) is 0 Å². The van der Waals surface area contributed by atoms with Crippen LogP contribution in [0.5, 0.6) is 0 Å². The lowest BCUT2D eigenvalue weighted by Crippen LogP contribution is -2.39. The van der Waals surface area contributed by atoms with Gasteiger partial charge in [-0.05, 0) is 18.5 Å². The summed E-state index contributed by atoms with van der Waals surface area (Å²) in [6.45, 7) is 3.38. The van der Waals surface area contributed by atoms with Gasteiger partial charge < -0.3 is 9.47 Å². The third-order valence-corrected chi connectivity index (χ3v) is 1.69. The van der Waals surface area contributed by atoms with Gasteiger partial charge in [0.25, 0.3) is 5.24 Å². The molecule has 0 aliphatic carbocycles. The minimum atomic E-state index is -1.74. The molecule has 0 N–H and O–H groups in total. The number of esters is 2. The molecular formula is C9H11ClO6. The molecule has 0 saturated carbocycles. The number of ether oxygens (including phenoxy) is 2. The van der Waals surface area contributed by atoms with E-state index in [1.165, 1.54) is 6.92 Å². The molecule has 0 heterocycles. The van der Waals surface area contributed by atoms with E-state index < -0.39 is 35.2 Å². The van der Waals surface area contributed by atoms with E-state index in [1.54, 1.807) is 0 Å². The highest BCUT2D eigenvalue weighted by Gasteiger charge is 2.33. The summed E-state index contributed by atoms with van der Waals surface area (Å²) in [5.74, 6) is -2.41. The van der Waals surface area contributed by atoms with Crippen LogP contribution in [0.3, 0.4) is 0 Å². The zero-order valence-electron chi connectivity index (χ0n) is 8.98. The quantitative estimate of drug-likeness (QED) is 0.394. The van der Waals surface area contributed by atoms with E-state index in [0.29, 0.717) is 0 Å². The second-order valence-corrected chi connectivity index (χ2v) is 3.32. The Morgan fingerprint density at radius 2 is 1.44 bits per heavy atom. The summed E-state index contributed by atoms with van der Waals surface area (Å²) >= 11 is 5.09. The standard InChI is InChI=1S/C9H11ClO6/c1-4(15-5(2)11)7(13)8(9(10)14)16-6(3)12/h4,8H,1-3H3. The summed E-state index contributed by atoms with van der Waals surface area (Å²) < 4.78 is 8.95. The van der Waals surface area contributed by atoms with Gasteiger partial charge in [0.15, 0.2) is 6.10 Å². The molecule has 0 spiro atoms. The van der Waals surface area contributed by atoms with E-state index >= 15 is 0 Å². The normalized spacial score (nSPS) is 13.5. The first-order chi connectivity index (χ1) is 7.25. The van der Waals surface area contributed by atoms with Gasteiger partial charge >= 0.3 is 11.9 Å². The van der Waals surface area contributed by atoms with Crippen molar-refractivity contribution in [1.29, 1.82) is 0 Å². The Bertz CT molecular complexity index is 324. The lowest BCUT2D eigenvalue weighted by Gasteiger charge is -2.16. The number of carbonyl (C=O) groups is 4. The van der Waals surface area contributed by atoms with E-state index in [9.17, 15) is 19.2 Å². The zero-order chi connectivity index (χ0) is 12.9. The Hall–Kier alpha value is -1.43. The van der Waals surface area contributed by atoms with Crippen LogP contribution in [-0.4, -0.2) is 35.2 Å². The molecule has 0 aromatic rings. The molecule has 0 bridgehead atoms. The summed E-state index contributed by atoms with van der Waals surface area (Å²) in [6.07, 6.45) is -2.95. The molecule has 0 aliphatic heterocycles. The third-order valence-electron chi connectivity index (χ3n) is 1.49. The molecule has 2 unspecified atom stereocenters. The molecule has 6 nitrogen and oxygen atoms in total. The van der Waals surface area contributed by atoms with E-state index in [2.05, 4.69) is 9.47 Å². The maximum atomic E-state index is 11.5. The van der Waals surface area contributed by atoms with Gasteiger partial charge in [-0.1, -0.05) is 0 Å². The van der Waals surface area contributed by atoms with Crippen molar-refractivity contribution in [2.24, 2.45) is 0 Å². The largest absolute Gasteiger partial charge is 0.455 e. The van der Waals surface area contributed by atoms with Gasteiger partial charge in [-0.25, -0.2) is 0 Å². The molecule has 0 amide bonds. The third kappa shape index (κ3) is 4.88. The topological polar surface area (TPSA) is 86.7 Å². The molecule has 0 rings (SSSR count). The molecule has 2 atom stereocenters. The molecular weight excluding hydrogens is 240 g/mol. The Morgan fingerprint density at radius 1 is 1.00 bits per heavy atom. The van der Waals surface area contributed by atoms with Crippen molar-refractivity contribution in [3.8, 4) is 0 Å². The Kier molecular flexibility index (Phi) is 5.66. The predicted octanol–water partition coefficient (Wildman–Crippen LogP) is 0.204. The van der Waals surface area contributed by atoms with Crippen molar-refractivity contribution >= 4 is 34.6 Å². The zero-order valence-corrected chi connectivity index (χ0v) is 9.74. The van der Waals surface area contributed by atoms with E-state index in [1.807, 2.05) is 0 Å². The van der Waals surface area contributed by atoms with Crippen molar-refractivity contribution in [1.82, 2.24) is 0 Å². The van der Waals surface area contributed by atoms with Gasteiger partial charge in [-0.15, -0.1) is 0 Å². The predicted molar refractivity (Wildman–Crippen MR) is 52.6 cm³/mol. The van der Waals surface area contributed by atoms with Gasteiger partial charge in [0.2, 0.25) is 11.9 Å². The first kappa shape index (κ1) is 14.6. The summed E-state index contributed by atoms with van der Waals surface area (Å²) in [5, 5.41) is -1.14. The molecule has 0 radical (unpaired) electrons. The van der Waals surface area contributed by atoms with Crippen molar-refractivity contribution in [2.45, 2.75) is 33.0 Å². The van der Waals surface area contributed by atoms with Crippen LogP contribution in [0.2, 0.25) is 0 Å². The second kappa shape index (κ2) is 6.22. The van der Waals surface area contributed by atoms with Gasteiger partial charge in [0.1, 0.15) is 0 Å². The van der Waals surface area contributed by atoms with Crippen LogP contribution in [0.25, 0.3) is 0 Å². The second-order valence-electron chi connectivity index (χ2n) is 2.95. The van der Waals surface area contributed by atoms with Crippen LogP contribution in [0.4, 0.5) is 0 Å². The average molecular weight is 251 g/mol. The molecule has 0 fully saturated rings. The maximum absolute atomic E-state index is 11.5.